The number of anilines is 1. The number of carbonyl (C=O) groups excluding carboxylic acids is 1. The second-order valence-electron chi connectivity index (χ2n) is 6.92. The minimum Gasteiger partial charge on any atom is -0.487 e. The van der Waals surface area contributed by atoms with Crippen molar-refractivity contribution in [2.45, 2.75) is 12.8 Å². The molecule has 0 radical (unpaired) electrons. The van der Waals surface area contributed by atoms with E-state index in [0.717, 1.165) is 28.2 Å². The van der Waals surface area contributed by atoms with Crippen LogP contribution in [0.1, 0.15) is 16.7 Å². The summed E-state index contributed by atoms with van der Waals surface area (Å²) in [6.07, 6.45) is -3.37. The molecule has 0 aliphatic rings. The lowest BCUT2D eigenvalue weighted by molar-refractivity contribution is -0.137. The largest absolute Gasteiger partial charge is 0.487 e. The van der Waals surface area contributed by atoms with Crippen LogP contribution < -0.4 is 10.1 Å². The normalized spacial score (nSPS) is 11.6. The number of nitriles is 1. The molecule has 1 amide bonds. The van der Waals surface area contributed by atoms with Gasteiger partial charge in [-0.25, -0.2) is 0 Å². The van der Waals surface area contributed by atoms with E-state index < -0.39 is 17.6 Å². The average Bonchev–Trinajstić information content (AvgIpc) is 2.77. The molecule has 0 aromatic heterocycles. The van der Waals surface area contributed by atoms with Crippen LogP contribution in [0.2, 0.25) is 10.0 Å². The first-order valence-corrected chi connectivity index (χ1v) is 11.1. The maximum Gasteiger partial charge on any atom is 0.416 e. The van der Waals surface area contributed by atoms with E-state index in [1.807, 2.05) is 24.3 Å². The summed E-state index contributed by atoms with van der Waals surface area (Å²) in [4.78, 5) is 12.6. The summed E-state index contributed by atoms with van der Waals surface area (Å²) < 4.78 is 45.5. The highest BCUT2D eigenvalue weighted by Gasteiger charge is 2.30. The number of nitrogens with one attached hydrogen (secondary N) is 1. The third-order valence-electron chi connectivity index (χ3n) is 4.45. The van der Waals surface area contributed by atoms with Gasteiger partial charge in [-0.05, 0) is 54.1 Å². The van der Waals surface area contributed by atoms with E-state index in [1.165, 1.54) is 24.3 Å². The Morgan fingerprint density at radius 1 is 1.12 bits per heavy atom. The van der Waals surface area contributed by atoms with Crippen LogP contribution in [0.25, 0.3) is 6.08 Å². The fourth-order valence-corrected chi connectivity index (χ4v) is 3.68. The van der Waals surface area contributed by atoms with Gasteiger partial charge >= 0.3 is 6.18 Å². The Morgan fingerprint density at radius 2 is 1.82 bits per heavy atom. The van der Waals surface area contributed by atoms with Crippen molar-refractivity contribution in [3.05, 3.63) is 97.4 Å². The summed E-state index contributed by atoms with van der Waals surface area (Å²) >= 11 is 15.7. The highest BCUT2D eigenvalue weighted by atomic mass is 79.9. The number of hydrogen-bond acceptors (Lipinski definition) is 3. The number of benzene rings is 3. The molecular weight excluding hydrogens is 556 g/mol. The molecule has 0 aliphatic carbocycles. The molecule has 34 heavy (non-hydrogen) atoms. The summed E-state index contributed by atoms with van der Waals surface area (Å²) in [7, 11) is 0. The Bertz CT molecular complexity index is 1290. The number of hydrogen-bond donors (Lipinski definition) is 1. The molecule has 0 spiro atoms. The monoisotopic (exact) mass is 568 g/mol. The first kappa shape index (κ1) is 25.6. The number of rotatable bonds is 6. The molecule has 0 bridgehead atoms. The smallest absolute Gasteiger partial charge is 0.416 e. The lowest BCUT2D eigenvalue weighted by Gasteiger charge is -2.13. The van der Waals surface area contributed by atoms with Gasteiger partial charge in [0.05, 0.1) is 10.6 Å². The summed E-state index contributed by atoms with van der Waals surface area (Å²) in [5.74, 6) is -0.717. The van der Waals surface area contributed by atoms with Crippen LogP contribution >= 0.6 is 39.1 Å². The van der Waals surface area contributed by atoms with E-state index in [4.69, 9.17) is 27.9 Å². The van der Waals surface area contributed by atoms with Crippen LogP contribution in [0, 0.1) is 11.3 Å². The van der Waals surface area contributed by atoms with Crippen LogP contribution in [0.4, 0.5) is 18.9 Å². The van der Waals surface area contributed by atoms with Crippen molar-refractivity contribution in [2.24, 2.45) is 0 Å². The summed E-state index contributed by atoms with van der Waals surface area (Å²) in [6.45, 7) is 0.147. The summed E-state index contributed by atoms with van der Waals surface area (Å²) in [6, 6.07) is 16.1. The first-order chi connectivity index (χ1) is 16.1. The van der Waals surface area contributed by atoms with E-state index >= 15 is 0 Å². The number of ether oxygens (including phenoxy) is 1. The van der Waals surface area contributed by atoms with Crippen molar-refractivity contribution in [3.63, 3.8) is 0 Å². The van der Waals surface area contributed by atoms with Crippen LogP contribution in [0.15, 0.2) is 70.7 Å². The molecule has 0 fully saturated rings. The molecule has 0 saturated heterocycles. The van der Waals surface area contributed by atoms with Gasteiger partial charge in [0.2, 0.25) is 0 Å². The highest BCUT2D eigenvalue weighted by molar-refractivity contribution is 9.10. The van der Waals surface area contributed by atoms with Gasteiger partial charge in [-0.2, -0.15) is 18.4 Å². The van der Waals surface area contributed by atoms with Crippen molar-refractivity contribution >= 4 is 56.8 Å². The molecule has 3 aromatic carbocycles. The van der Waals surface area contributed by atoms with E-state index in [-0.39, 0.29) is 39.2 Å². The Balaban J connectivity index is 1.88. The van der Waals surface area contributed by atoms with E-state index in [9.17, 15) is 23.2 Å². The molecule has 0 atom stereocenters. The van der Waals surface area contributed by atoms with Gasteiger partial charge in [0.1, 0.15) is 24.0 Å². The first-order valence-electron chi connectivity index (χ1n) is 9.53. The molecule has 3 aromatic rings. The quantitative estimate of drug-likeness (QED) is 0.242. The van der Waals surface area contributed by atoms with Crippen LogP contribution in [-0.4, -0.2) is 5.91 Å². The zero-order chi connectivity index (χ0) is 24.9. The molecule has 0 aliphatic heterocycles. The van der Waals surface area contributed by atoms with E-state index in [1.54, 1.807) is 6.07 Å². The second kappa shape index (κ2) is 11.0. The maximum atomic E-state index is 12.9. The molecule has 1 N–H and O–H groups in total. The van der Waals surface area contributed by atoms with Crippen LogP contribution in [0.5, 0.6) is 5.75 Å². The molecule has 0 unspecified atom stereocenters. The lowest BCUT2D eigenvalue weighted by atomic mass is 10.1. The molecule has 174 valence electrons. The minimum absolute atomic E-state index is 0.114. The third-order valence-corrected chi connectivity index (χ3v) is 5.47. The van der Waals surface area contributed by atoms with Gasteiger partial charge in [-0.3, -0.25) is 4.79 Å². The van der Waals surface area contributed by atoms with Crippen molar-refractivity contribution in [2.75, 3.05) is 5.32 Å². The van der Waals surface area contributed by atoms with Gasteiger partial charge in [0, 0.05) is 20.7 Å². The Labute approximate surface area is 211 Å². The molecule has 0 heterocycles. The van der Waals surface area contributed by atoms with Crippen LogP contribution in [0.3, 0.4) is 0 Å². The van der Waals surface area contributed by atoms with Crippen molar-refractivity contribution in [1.82, 2.24) is 0 Å². The maximum absolute atomic E-state index is 12.9. The fourth-order valence-electron chi connectivity index (χ4n) is 2.85. The SMILES string of the molecule is N#C/C(=C\c1cc(Cl)cc(Cl)c1OCc1ccc(Br)cc1)C(=O)Nc1cccc(C(F)(F)F)c1. The highest BCUT2D eigenvalue weighted by Crippen LogP contribution is 2.35. The standard InChI is InChI=1S/C24H14BrCl2F3N2O2/c25-18-6-4-14(5-7-18)13-34-22-15(9-19(26)11-21(22)27)8-16(12-31)23(33)32-20-3-1-2-17(10-20)24(28,29)30/h1-11H,13H2,(H,32,33)/b16-8+. The van der Waals surface area contributed by atoms with Gasteiger partial charge in [-0.1, -0.05) is 57.3 Å². The predicted molar refractivity (Wildman–Crippen MR) is 129 cm³/mol. The van der Waals surface area contributed by atoms with Gasteiger partial charge < -0.3 is 10.1 Å². The zero-order valence-electron chi connectivity index (χ0n) is 17.1. The number of halogens is 6. The lowest BCUT2D eigenvalue weighted by Crippen LogP contribution is -2.14. The second-order valence-corrected chi connectivity index (χ2v) is 8.68. The summed E-state index contributed by atoms with van der Waals surface area (Å²) in [5.41, 5.74) is -0.337. The molecule has 10 heteroatoms. The number of carbonyl (C=O) groups is 1. The van der Waals surface area contributed by atoms with Crippen molar-refractivity contribution in [1.29, 1.82) is 5.26 Å². The van der Waals surface area contributed by atoms with Gasteiger partial charge in [0.15, 0.2) is 0 Å². The number of amides is 1. The summed E-state index contributed by atoms with van der Waals surface area (Å²) in [5, 5.41) is 12.2. The van der Waals surface area contributed by atoms with E-state index in [2.05, 4.69) is 21.2 Å². The van der Waals surface area contributed by atoms with Gasteiger partial charge in [-0.15, -0.1) is 0 Å². The predicted octanol–water partition coefficient (Wildman–Crippen LogP) is 7.90. The van der Waals surface area contributed by atoms with Gasteiger partial charge in [0.25, 0.3) is 5.91 Å². The van der Waals surface area contributed by atoms with Crippen molar-refractivity contribution < 1.29 is 22.7 Å². The fraction of sp³-hybridized carbons (Fsp3) is 0.0833. The number of nitrogens with zero attached hydrogens (tertiary/aromatic N) is 1. The molecule has 3 rings (SSSR count). The molecule has 4 nitrogen and oxygen atoms in total. The van der Waals surface area contributed by atoms with Crippen molar-refractivity contribution in [3.8, 4) is 11.8 Å². The minimum atomic E-state index is -4.58. The Hall–Kier alpha value is -2.99. The molecular formula is C24H14BrCl2F3N2O2. The molecule has 0 saturated carbocycles. The van der Waals surface area contributed by atoms with Crippen LogP contribution in [-0.2, 0) is 17.6 Å². The zero-order valence-corrected chi connectivity index (χ0v) is 20.2. The third kappa shape index (κ3) is 6.76. The Kier molecular flexibility index (Phi) is 8.26. The topological polar surface area (TPSA) is 62.1 Å². The average molecular weight is 570 g/mol. The van der Waals surface area contributed by atoms with E-state index in [0.29, 0.717) is 0 Å². The Morgan fingerprint density at radius 3 is 2.47 bits per heavy atom. The number of alkyl halides is 3.